The average molecular weight is 443 g/mol. The van der Waals surface area contributed by atoms with Crippen molar-refractivity contribution in [3.63, 3.8) is 0 Å². The van der Waals surface area contributed by atoms with Gasteiger partial charge in [-0.3, -0.25) is 4.79 Å². The third-order valence-corrected chi connectivity index (χ3v) is 4.13. The molecule has 7 nitrogen and oxygen atoms in total. The zero-order chi connectivity index (χ0) is 19.9. The van der Waals surface area contributed by atoms with Gasteiger partial charge in [-0.15, -0.1) is 0 Å². The van der Waals surface area contributed by atoms with E-state index in [-0.39, 0.29) is 11.5 Å². The molecule has 0 aliphatic rings. The number of benzene rings is 2. The molecular weight excluding hydrogens is 428 g/mol. The fourth-order valence-corrected chi connectivity index (χ4v) is 2.65. The first-order valence-electron chi connectivity index (χ1n) is 8.16. The van der Waals surface area contributed by atoms with Crippen LogP contribution in [0.1, 0.15) is 27.8 Å². The molecule has 0 saturated heterocycles. The van der Waals surface area contributed by atoms with Crippen molar-refractivity contribution in [3.8, 4) is 5.75 Å². The van der Waals surface area contributed by atoms with Crippen molar-refractivity contribution in [2.75, 3.05) is 0 Å². The summed E-state index contributed by atoms with van der Waals surface area (Å²) in [5.74, 6) is -1.06. The van der Waals surface area contributed by atoms with E-state index in [1.807, 2.05) is 0 Å². The maximum atomic E-state index is 12.1. The maximum absolute atomic E-state index is 12.1. The van der Waals surface area contributed by atoms with E-state index < -0.39 is 18.0 Å². The molecular formula is C20H15BrN2O5. The normalized spacial score (nSPS) is 11.9. The van der Waals surface area contributed by atoms with Gasteiger partial charge in [0.25, 0.3) is 5.91 Å². The number of hydrogen-bond acceptors (Lipinski definition) is 6. The quantitative estimate of drug-likeness (QED) is 0.263. The number of aliphatic hydroxyl groups excluding tert-OH is 1. The highest BCUT2D eigenvalue weighted by atomic mass is 79.9. The van der Waals surface area contributed by atoms with Gasteiger partial charge in [-0.25, -0.2) is 10.2 Å². The number of amides is 1. The van der Waals surface area contributed by atoms with E-state index in [2.05, 4.69) is 26.5 Å². The Bertz CT molecular complexity index is 987. The predicted molar refractivity (Wildman–Crippen MR) is 105 cm³/mol. The molecule has 142 valence electrons. The van der Waals surface area contributed by atoms with Crippen molar-refractivity contribution in [2.24, 2.45) is 5.10 Å². The summed E-state index contributed by atoms with van der Waals surface area (Å²) >= 11 is 3.33. The summed E-state index contributed by atoms with van der Waals surface area (Å²) in [4.78, 5) is 24.1. The summed E-state index contributed by atoms with van der Waals surface area (Å²) in [6.45, 7) is 0. The van der Waals surface area contributed by atoms with E-state index in [0.717, 1.165) is 4.47 Å². The first-order chi connectivity index (χ1) is 13.5. The van der Waals surface area contributed by atoms with Gasteiger partial charge >= 0.3 is 5.97 Å². The predicted octanol–water partition coefficient (Wildman–Crippen LogP) is 3.45. The van der Waals surface area contributed by atoms with Crippen LogP contribution in [0.3, 0.4) is 0 Å². The zero-order valence-corrected chi connectivity index (χ0v) is 16.0. The van der Waals surface area contributed by atoms with Gasteiger partial charge in [0.2, 0.25) is 5.76 Å². The molecule has 1 atom stereocenters. The minimum atomic E-state index is -1.35. The lowest BCUT2D eigenvalue weighted by atomic mass is 10.1. The molecule has 28 heavy (non-hydrogen) atoms. The minimum absolute atomic E-state index is 0.0603. The summed E-state index contributed by atoms with van der Waals surface area (Å²) in [7, 11) is 0. The Kier molecular flexibility index (Phi) is 6.36. The minimum Gasteiger partial charge on any atom is -0.457 e. The highest BCUT2D eigenvalue weighted by Gasteiger charge is 2.17. The van der Waals surface area contributed by atoms with Crippen molar-refractivity contribution < 1.29 is 23.8 Å². The highest BCUT2D eigenvalue weighted by molar-refractivity contribution is 9.10. The Morgan fingerprint density at radius 1 is 1.14 bits per heavy atom. The van der Waals surface area contributed by atoms with Crippen LogP contribution in [0.5, 0.6) is 5.75 Å². The van der Waals surface area contributed by atoms with Crippen LogP contribution in [0.15, 0.2) is 80.9 Å². The molecule has 2 N–H and O–H groups in total. The third kappa shape index (κ3) is 4.93. The van der Waals surface area contributed by atoms with E-state index >= 15 is 0 Å². The Balaban J connectivity index is 1.70. The summed E-state index contributed by atoms with van der Waals surface area (Å²) in [5.41, 5.74) is 3.15. The Labute approximate surface area is 168 Å². The second kappa shape index (κ2) is 9.12. The van der Waals surface area contributed by atoms with Crippen molar-refractivity contribution >= 4 is 34.0 Å². The van der Waals surface area contributed by atoms with Gasteiger partial charge < -0.3 is 14.3 Å². The number of nitrogens with one attached hydrogen (secondary N) is 1. The number of aliphatic hydroxyl groups is 1. The van der Waals surface area contributed by atoms with Crippen LogP contribution in [0, 0.1) is 0 Å². The topological polar surface area (TPSA) is 101 Å². The SMILES string of the molecule is O=C(Oc1ccc(Br)cc1/C=N\NC(=O)[C@@H](O)c1ccccc1)c1ccco1. The van der Waals surface area contributed by atoms with Crippen LogP contribution >= 0.6 is 15.9 Å². The van der Waals surface area contributed by atoms with E-state index in [1.165, 1.54) is 18.5 Å². The van der Waals surface area contributed by atoms with Crippen LogP contribution < -0.4 is 10.2 Å². The maximum Gasteiger partial charge on any atom is 0.379 e. The molecule has 1 amide bonds. The lowest BCUT2D eigenvalue weighted by molar-refractivity contribution is -0.129. The van der Waals surface area contributed by atoms with Crippen molar-refractivity contribution in [3.05, 3.63) is 88.3 Å². The number of carbonyl (C=O) groups is 2. The summed E-state index contributed by atoms with van der Waals surface area (Å²) < 4.78 is 11.0. The Hall–Kier alpha value is -3.23. The fraction of sp³-hybridized carbons (Fsp3) is 0.0500. The number of rotatable bonds is 6. The molecule has 0 unspecified atom stereocenters. The van der Waals surface area contributed by atoms with Gasteiger partial charge in [0.15, 0.2) is 6.10 Å². The van der Waals surface area contributed by atoms with Crippen molar-refractivity contribution in [2.45, 2.75) is 6.10 Å². The molecule has 8 heteroatoms. The van der Waals surface area contributed by atoms with Crippen LogP contribution in [0.25, 0.3) is 0 Å². The summed E-state index contributed by atoms with van der Waals surface area (Å²) in [6, 6.07) is 16.5. The lowest BCUT2D eigenvalue weighted by Crippen LogP contribution is -2.25. The standard InChI is InChI=1S/C20H15BrN2O5/c21-15-8-9-16(28-20(26)17-7-4-10-27-17)14(11-15)12-22-23-19(25)18(24)13-5-2-1-3-6-13/h1-12,18,24H,(H,23,25)/b22-12-/t18-/m0/s1. The first-order valence-corrected chi connectivity index (χ1v) is 8.95. The summed E-state index contributed by atoms with van der Waals surface area (Å²) in [6.07, 6.45) is 1.33. The average Bonchev–Trinajstić information content (AvgIpc) is 3.25. The van der Waals surface area contributed by atoms with E-state index in [0.29, 0.717) is 11.1 Å². The summed E-state index contributed by atoms with van der Waals surface area (Å²) in [5, 5.41) is 13.9. The van der Waals surface area contributed by atoms with Crippen molar-refractivity contribution in [1.29, 1.82) is 0 Å². The number of halogens is 1. The number of hydrazone groups is 1. The van der Waals surface area contributed by atoms with E-state index in [9.17, 15) is 14.7 Å². The van der Waals surface area contributed by atoms with Gasteiger partial charge in [0.1, 0.15) is 5.75 Å². The van der Waals surface area contributed by atoms with Crippen molar-refractivity contribution in [1.82, 2.24) is 5.43 Å². The van der Waals surface area contributed by atoms with Crippen LogP contribution in [-0.2, 0) is 4.79 Å². The van der Waals surface area contributed by atoms with Gasteiger partial charge in [-0.2, -0.15) is 5.10 Å². The molecule has 2 aromatic carbocycles. The molecule has 0 saturated carbocycles. The number of ether oxygens (including phenoxy) is 1. The molecule has 3 rings (SSSR count). The van der Waals surface area contributed by atoms with Crippen LogP contribution in [-0.4, -0.2) is 23.2 Å². The Morgan fingerprint density at radius 3 is 2.64 bits per heavy atom. The van der Waals surface area contributed by atoms with Gasteiger partial charge in [0, 0.05) is 10.0 Å². The molecule has 0 bridgehead atoms. The number of furan rings is 1. The number of hydrogen-bond donors (Lipinski definition) is 2. The Morgan fingerprint density at radius 2 is 1.93 bits per heavy atom. The molecule has 0 aliphatic heterocycles. The van der Waals surface area contributed by atoms with E-state index in [1.54, 1.807) is 54.6 Å². The molecule has 0 radical (unpaired) electrons. The van der Waals surface area contributed by atoms with E-state index in [4.69, 9.17) is 9.15 Å². The van der Waals surface area contributed by atoms with Gasteiger partial charge in [-0.05, 0) is 35.9 Å². The lowest BCUT2D eigenvalue weighted by Gasteiger charge is -2.09. The smallest absolute Gasteiger partial charge is 0.379 e. The number of carbonyl (C=O) groups excluding carboxylic acids is 2. The largest absolute Gasteiger partial charge is 0.457 e. The monoisotopic (exact) mass is 442 g/mol. The zero-order valence-electron chi connectivity index (χ0n) is 14.4. The second-order valence-electron chi connectivity index (χ2n) is 5.60. The number of esters is 1. The molecule has 1 heterocycles. The van der Waals surface area contributed by atoms with Crippen LogP contribution in [0.4, 0.5) is 0 Å². The highest BCUT2D eigenvalue weighted by Crippen LogP contribution is 2.23. The molecule has 0 aliphatic carbocycles. The molecule has 1 aromatic heterocycles. The molecule has 0 spiro atoms. The first kappa shape index (κ1) is 19.5. The van der Waals surface area contributed by atoms with Gasteiger partial charge in [0.05, 0.1) is 12.5 Å². The second-order valence-corrected chi connectivity index (χ2v) is 6.51. The number of nitrogens with zero attached hydrogens (tertiary/aromatic N) is 1. The fourth-order valence-electron chi connectivity index (χ4n) is 2.27. The molecule has 3 aromatic rings. The third-order valence-electron chi connectivity index (χ3n) is 3.64. The van der Waals surface area contributed by atoms with Crippen LogP contribution in [0.2, 0.25) is 0 Å². The molecule has 0 fully saturated rings. The van der Waals surface area contributed by atoms with Gasteiger partial charge in [-0.1, -0.05) is 46.3 Å².